The zero-order valence-corrected chi connectivity index (χ0v) is 13.7. The summed E-state index contributed by atoms with van der Waals surface area (Å²) >= 11 is 0. The summed E-state index contributed by atoms with van der Waals surface area (Å²) in [7, 11) is 0. The molecule has 3 rings (SSSR count). The van der Waals surface area contributed by atoms with Crippen LogP contribution in [-0.4, -0.2) is 31.3 Å². The van der Waals surface area contributed by atoms with Crippen LogP contribution in [0.15, 0.2) is 66.3 Å². The molecule has 0 saturated heterocycles. The monoisotopic (exact) mass is 321 g/mol. The third-order valence-electron chi connectivity index (χ3n) is 3.46. The summed E-state index contributed by atoms with van der Waals surface area (Å²) in [4.78, 5) is 21.2. The molecule has 24 heavy (non-hydrogen) atoms. The van der Waals surface area contributed by atoms with E-state index in [9.17, 15) is 4.79 Å². The van der Waals surface area contributed by atoms with E-state index in [1.807, 2.05) is 56.3 Å². The molecule has 0 atom stereocenters. The minimum absolute atomic E-state index is 0.0951. The Morgan fingerprint density at radius 2 is 1.96 bits per heavy atom. The molecule has 0 saturated carbocycles. The van der Waals surface area contributed by atoms with Crippen molar-refractivity contribution in [3.05, 3.63) is 77.9 Å². The van der Waals surface area contributed by atoms with Crippen molar-refractivity contribution in [1.82, 2.24) is 19.3 Å². The third kappa shape index (κ3) is 3.65. The van der Waals surface area contributed by atoms with Gasteiger partial charge in [-0.05, 0) is 43.7 Å². The maximum Gasteiger partial charge on any atom is 0.263 e. The van der Waals surface area contributed by atoms with Crippen molar-refractivity contribution in [1.29, 1.82) is 0 Å². The molecule has 2 aromatic heterocycles. The Morgan fingerprint density at radius 3 is 2.62 bits per heavy atom. The molecule has 1 aromatic carbocycles. The van der Waals surface area contributed by atoms with Crippen LogP contribution in [0.1, 0.15) is 29.8 Å². The number of hydrogen-bond donors (Lipinski definition) is 0. The molecule has 0 aliphatic heterocycles. The van der Waals surface area contributed by atoms with Gasteiger partial charge in [-0.3, -0.25) is 14.4 Å². The van der Waals surface area contributed by atoms with Crippen molar-refractivity contribution in [2.75, 3.05) is 0 Å². The highest BCUT2D eigenvalue weighted by atomic mass is 16.2. The Morgan fingerprint density at radius 1 is 1.17 bits per heavy atom. The molecule has 0 amide bonds. The number of carbonyl (C=O) groups excluding carboxylic acids is 1. The SMILES string of the molecule is CC(C)N=c1ccccn1C(=O)c1ccc(Cn2cncn2)cc1. The molecular formula is C18H19N5O. The molecule has 0 aliphatic carbocycles. The maximum atomic E-state index is 12.8. The van der Waals surface area contributed by atoms with Crippen LogP contribution in [0.2, 0.25) is 0 Å². The Hall–Kier alpha value is -3.02. The first-order valence-electron chi connectivity index (χ1n) is 7.81. The number of carbonyl (C=O) groups is 1. The summed E-state index contributed by atoms with van der Waals surface area (Å²) in [6, 6.07) is 13.2. The van der Waals surface area contributed by atoms with E-state index >= 15 is 0 Å². The van der Waals surface area contributed by atoms with Crippen LogP contribution in [0.3, 0.4) is 0 Å². The Bertz CT molecular complexity index is 876. The molecule has 0 bridgehead atoms. The highest BCUT2D eigenvalue weighted by Crippen LogP contribution is 2.07. The number of hydrogen-bond acceptors (Lipinski definition) is 4. The standard InChI is InChI=1S/C18H19N5O/c1-14(2)21-17-5-3-4-10-23(17)18(24)16-8-6-15(7-9-16)11-22-13-19-12-20-22/h3-10,12-14H,11H2,1-2H3. The second kappa shape index (κ2) is 7.04. The average molecular weight is 321 g/mol. The normalized spacial score (nSPS) is 11.9. The predicted molar refractivity (Wildman–Crippen MR) is 90.4 cm³/mol. The van der Waals surface area contributed by atoms with Crippen molar-refractivity contribution in [2.45, 2.75) is 26.4 Å². The molecule has 2 heterocycles. The highest BCUT2D eigenvalue weighted by Gasteiger charge is 2.09. The number of benzene rings is 1. The van der Waals surface area contributed by atoms with Crippen LogP contribution in [0.5, 0.6) is 0 Å². The molecule has 122 valence electrons. The summed E-state index contributed by atoms with van der Waals surface area (Å²) in [5.74, 6) is -0.0951. The molecule has 6 heteroatoms. The second-order valence-corrected chi connectivity index (χ2v) is 5.75. The van der Waals surface area contributed by atoms with Crippen LogP contribution in [-0.2, 0) is 6.54 Å². The van der Waals surface area contributed by atoms with E-state index < -0.39 is 0 Å². The first kappa shape index (κ1) is 15.9. The second-order valence-electron chi connectivity index (χ2n) is 5.75. The minimum Gasteiger partial charge on any atom is -0.268 e. The van der Waals surface area contributed by atoms with Crippen molar-refractivity contribution in [2.24, 2.45) is 4.99 Å². The maximum absolute atomic E-state index is 12.8. The fourth-order valence-electron chi connectivity index (χ4n) is 2.37. The number of nitrogens with zero attached hydrogens (tertiary/aromatic N) is 5. The lowest BCUT2D eigenvalue weighted by Crippen LogP contribution is -2.28. The van der Waals surface area contributed by atoms with Crippen LogP contribution in [0.4, 0.5) is 0 Å². The minimum atomic E-state index is -0.0951. The van der Waals surface area contributed by atoms with Gasteiger partial charge in [0.1, 0.15) is 18.1 Å². The van der Waals surface area contributed by atoms with Gasteiger partial charge in [-0.2, -0.15) is 5.10 Å². The Kier molecular flexibility index (Phi) is 4.65. The van der Waals surface area contributed by atoms with Crippen LogP contribution < -0.4 is 5.49 Å². The lowest BCUT2D eigenvalue weighted by Gasteiger charge is -2.08. The first-order valence-corrected chi connectivity index (χ1v) is 7.81. The lowest BCUT2D eigenvalue weighted by molar-refractivity contribution is 0.0954. The van der Waals surface area contributed by atoms with Gasteiger partial charge in [-0.15, -0.1) is 0 Å². The van der Waals surface area contributed by atoms with Crippen molar-refractivity contribution in [3.8, 4) is 0 Å². The van der Waals surface area contributed by atoms with Gasteiger partial charge in [0.2, 0.25) is 0 Å². The summed E-state index contributed by atoms with van der Waals surface area (Å²) in [5, 5.41) is 4.08. The van der Waals surface area contributed by atoms with E-state index in [0.29, 0.717) is 17.6 Å². The van der Waals surface area contributed by atoms with Gasteiger partial charge < -0.3 is 0 Å². The number of rotatable bonds is 4. The summed E-state index contributed by atoms with van der Waals surface area (Å²) in [6.07, 6.45) is 4.91. The molecule has 0 N–H and O–H groups in total. The quantitative estimate of drug-likeness (QED) is 0.739. The van der Waals surface area contributed by atoms with Gasteiger partial charge in [0.15, 0.2) is 0 Å². The van der Waals surface area contributed by atoms with E-state index in [4.69, 9.17) is 0 Å². The molecule has 0 radical (unpaired) electrons. The fourth-order valence-corrected chi connectivity index (χ4v) is 2.37. The Labute approximate surface area is 140 Å². The molecule has 0 aliphatic rings. The van der Waals surface area contributed by atoms with E-state index in [2.05, 4.69) is 15.1 Å². The summed E-state index contributed by atoms with van der Waals surface area (Å²) in [5.41, 5.74) is 2.33. The molecule has 3 aromatic rings. The van der Waals surface area contributed by atoms with Gasteiger partial charge in [-0.1, -0.05) is 18.2 Å². The van der Waals surface area contributed by atoms with E-state index in [1.54, 1.807) is 21.8 Å². The molecular weight excluding hydrogens is 302 g/mol. The van der Waals surface area contributed by atoms with Crippen LogP contribution >= 0.6 is 0 Å². The van der Waals surface area contributed by atoms with Crippen molar-refractivity contribution < 1.29 is 4.79 Å². The van der Waals surface area contributed by atoms with Gasteiger partial charge in [-0.25, -0.2) is 9.67 Å². The van der Waals surface area contributed by atoms with E-state index in [1.165, 1.54) is 6.33 Å². The average Bonchev–Trinajstić information content (AvgIpc) is 3.08. The summed E-state index contributed by atoms with van der Waals surface area (Å²) in [6.45, 7) is 4.60. The van der Waals surface area contributed by atoms with E-state index in [0.717, 1.165) is 5.56 Å². The molecule has 0 spiro atoms. The molecule has 0 fully saturated rings. The fraction of sp³-hybridized carbons (Fsp3) is 0.222. The zero-order chi connectivity index (χ0) is 16.9. The van der Waals surface area contributed by atoms with Crippen LogP contribution in [0, 0.1) is 0 Å². The van der Waals surface area contributed by atoms with Crippen LogP contribution in [0.25, 0.3) is 0 Å². The topological polar surface area (TPSA) is 65.1 Å². The molecule has 0 unspecified atom stereocenters. The lowest BCUT2D eigenvalue weighted by atomic mass is 10.1. The van der Waals surface area contributed by atoms with Crippen molar-refractivity contribution >= 4 is 5.91 Å². The van der Waals surface area contributed by atoms with E-state index in [-0.39, 0.29) is 11.9 Å². The van der Waals surface area contributed by atoms with Gasteiger partial charge in [0.25, 0.3) is 5.91 Å². The summed E-state index contributed by atoms with van der Waals surface area (Å²) < 4.78 is 3.31. The smallest absolute Gasteiger partial charge is 0.263 e. The highest BCUT2D eigenvalue weighted by molar-refractivity contribution is 5.95. The largest absolute Gasteiger partial charge is 0.268 e. The molecule has 6 nitrogen and oxygen atoms in total. The third-order valence-corrected chi connectivity index (χ3v) is 3.46. The van der Waals surface area contributed by atoms with Gasteiger partial charge in [0, 0.05) is 17.8 Å². The van der Waals surface area contributed by atoms with Gasteiger partial charge >= 0.3 is 0 Å². The Balaban J connectivity index is 1.86. The zero-order valence-electron chi connectivity index (χ0n) is 13.7. The van der Waals surface area contributed by atoms with Crippen molar-refractivity contribution in [3.63, 3.8) is 0 Å². The predicted octanol–water partition coefficient (Wildman–Crippen LogP) is 2.13. The number of aromatic nitrogens is 4. The van der Waals surface area contributed by atoms with Gasteiger partial charge in [0.05, 0.1) is 6.54 Å². The first-order chi connectivity index (χ1) is 11.6. The number of pyridine rings is 1.